The number of allylic oxidation sites excluding steroid dienone is 1. The predicted octanol–water partition coefficient (Wildman–Crippen LogP) is 4.61. The predicted molar refractivity (Wildman–Crippen MR) is 118 cm³/mol. The van der Waals surface area contributed by atoms with Crippen molar-refractivity contribution in [2.75, 3.05) is 18.0 Å². The zero-order valence-electron chi connectivity index (χ0n) is 16.4. The highest BCUT2D eigenvalue weighted by atomic mass is 32.1. The standard InChI is InChI=1S/C23H25N3O2S/c27-22(24-13-12-17-7-2-1-3-8-17)16-26-20-10-5-4-9-18(20)25-19(15-23(26)28)21-11-6-14-29-21/h4-7,9-11,14H,1-3,8,12-13,15-16H2,(H,24,27). The summed E-state index contributed by atoms with van der Waals surface area (Å²) in [6.07, 6.45) is 8.17. The molecule has 0 saturated carbocycles. The third kappa shape index (κ3) is 4.82. The normalized spacial score (nSPS) is 16.6. The van der Waals surface area contributed by atoms with Gasteiger partial charge in [0.15, 0.2) is 0 Å². The van der Waals surface area contributed by atoms with Crippen LogP contribution in [0.5, 0.6) is 0 Å². The first-order valence-electron chi connectivity index (χ1n) is 10.2. The van der Waals surface area contributed by atoms with Crippen LogP contribution in [0.3, 0.4) is 0 Å². The van der Waals surface area contributed by atoms with E-state index in [1.165, 1.54) is 18.4 Å². The van der Waals surface area contributed by atoms with Crippen LogP contribution in [0.25, 0.3) is 0 Å². The zero-order valence-corrected chi connectivity index (χ0v) is 17.2. The lowest BCUT2D eigenvalue weighted by Gasteiger charge is -2.22. The first kappa shape index (κ1) is 19.6. The van der Waals surface area contributed by atoms with Gasteiger partial charge < -0.3 is 10.2 Å². The Bertz CT molecular complexity index is 947. The molecule has 0 radical (unpaired) electrons. The maximum atomic E-state index is 13.0. The van der Waals surface area contributed by atoms with Crippen LogP contribution in [-0.2, 0) is 9.59 Å². The van der Waals surface area contributed by atoms with E-state index in [2.05, 4.69) is 11.4 Å². The highest BCUT2D eigenvalue weighted by Gasteiger charge is 2.26. The number of thiophene rings is 1. The van der Waals surface area contributed by atoms with E-state index in [0.717, 1.165) is 35.5 Å². The summed E-state index contributed by atoms with van der Waals surface area (Å²) in [6.45, 7) is 0.632. The number of amides is 2. The van der Waals surface area contributed by atoms with Crippen molar-refractivity contribution in [2.45, 2.75) is 38.5 Å². The average molecular weight is 408 g/mol. The molecule has 1 aliphatic heterocycles. The number of aliphatic imine (C=N–C) groups is 1. The molecule has 0 unspecified atom stereocenters. The van der Waals surface area contributed by atoms with E-state index in [4.69, 9.17) is 4.99 Å². The smallest absolute Gasteiger partial charge is 0.240 e. The highest BCUT2D eigenvalue weighted by Crippen LogP contribution is 2.33. The van der Waals surface area contributed by atoms with Gasteiger partial charge in [0.2, 0.25) is 11.8 Å². The third-order valence-electron chi connectivity index (χ3n) is 5.31. The van der Waals surface area contributed by atoms with Crippen LogP contribution in [0, 0.1) is 0 Å². The Labute approximate surface area is 175 Å². The number of benzene rings is 1. The number of hydrogen-bond acceptors (Lipinski definition) is 4. The van der Waals surface area contributed by atoms with Gasteiger partial charge in [0, 0.05) is 11.4 Å². The monoisotopic (exact) mass is 407 g/mol. The fraction of sp³-hybridized carbons (Fsp3) is 0.348. The van der Waals surface area contributed by atoms with Gasteiger partial charge in [-0.25, -0.2) is 4.99 Å². The number of nitrogens with zero attached hydrogens (tertiary/aromatic N) is 2. The summed E-state index contributed by atoms with van der Waals surface area (Å²) in [4.78, 5) is 32.9. The van der Waals surface area contributed by atoms with Gasteiger partial charge >= 0.3 is 0 Å². The second kappa shape index (κ2) is 9.18. The minimum atomic E-state index is -0.135. The van der Waals surface area contributed by atoms with E-state index < -0.39 is 0 Å². The zero-order chi connectivity index (χ0) is 20.1. The van der Waals surface area contributed by atoms with E-state index in [0.29, 0.717) is 12.2 Å². The molecule has 29 heavy (non-hydrogen) atoms. The minimum Gasteiger partial charge on any atom is -0.354 e. The van der Waals surface area contributed by atoms with E-state index in [1.54, 1.807) is 16.2 Å². The Kier molecular flexibility index (Phi) is 6.20. The van der Waals surface area contributed by atoms with E-state index in [-0.39, 0.29) is 24.8 Å². The van der Waals surface area contributed by atoms with Gasteiger partial charge in [-0.3, -0.25) is 9.59 Å². The highest BCUT2D eigenvalue weighted by molar-refractivity contribution is 7.12. The molecule has 1 aromatic carbocycles. The van der Waals surface area contributed by atoms with Crippen LogP contribution in [0.15, 0.2) is 58.4 Å². The van der Waals surface area contributed by atoms with Crippen LogP contribution in [0.1, 0.15) is 43.4 Å². The molecule has 150 valence electrons. The van der Waals surface area contributed by atoms with Crippen molar-refractivity contribution >= 4 is 40.2 Å². The first-order valence-corrected chi connectivity index (χ1v) is 11.0. The lowest BCUT2D eigenvalue weighted by Crippen LogP contribution is -2.41. The van der Waals surface area contributed by atoms with E-state index >= 15 is 0 Å². The molecular weight excluding hydrogens is 382 g/mol. The minimum absolute atomic E-state index is 0.0160. The molecule has 0 bridgehead atoms. The second-order valence-corrected chi connectivity index (χ2v) is 8.34. The fourth-order valence-corrected chi connectivity index (χ4v) is 4.51. The van der Waals surface area contributed by atoms with Gasteiger partial charge in [-0.1, -0.05) is 29.8 Å². The SMILES string of the molecule is O=C(CN1C(=O)CC(c2cccs2)=Nc2ccccc21)NCCC1=CCCCC1. The Morgan fingerprint density at radius 3 is 2.86 bits per heavy atom. The first-order chi connectivity index (χ1) is 14.2. The number of carbonyl (C=O) groups excluding carboxylic acids is 2. The van der Waals surface area contributed by atoms with Crippen molar-refractivity contribution in [3.63, 3.8) is 0 Å². The molecule has 5 nitrogen and oxygen atoms in total. The fourth-order valence-electron chi connectivity index (χ4n) is 3.80. The van der Waals surface area contributed by atoms with Crippen molar-refractivity contribution in [3.8, 4) is 0 Å². The topological polar surface area (TPSA) is 61.8 Å². The van der Waals surface area contributed by atoms with Crippen molar-refractivity contribution in [1.29, 1.82) is 0 Å². The molecule has 1 N–H and O–H groups in total. The summed E-state index contributed by atoms with van der Waals surface area (Å²) in [5.74, 6) is -0.239. The molecular formula is C23H25N3O2S. The summed E-state index contributed by atoms with van der Waals surface area (Å²) in [5, 5.41) is 4.96. The summed E-state index contributed by atoms with van der Waals surface area (Å²) >= 11 is 1.57. The van der Waals surface area contributed by atoms with Gasteiger partial charge in [-0.05, 0) is 55.7 Å². The number of carbonyl (C=O) groups is 2. The van der Waals surface area contributed by atoms with Crippen molar-refractivity contribution < 1.29 is 9.59 Å². The molecule has 2 aromatic rings. The summed E-state index contributed by atoms with van der Waals surface area (Å²) < 4.78 is 0. The number of nitrogens with one attached hydrogen (secondary N) is 1. The van der Waals surface area contributed by atoms with Gasteiger partial charge in [0.25, 0.3) is 0 Å². The number of para-hydroxylation sites is 2. The van der Waals surface area contributed by atoms with Gasteiger partial charge in [0.1, 0.15) is 6.54 Å². The molecule has 0 fully saturated rings. The molecule has 4 rings (SSSR count). The molecule has 2 heterocycles. The Hall–Kier alpha value is -2.73. The van der Waals surface area contributed by atoms with Crippen molar-refractivity contribution in [1.82, 2.24) is 5.32 Å². The largest absolute Gasteiger partial charge is 0.354 e. The van der Waals surface area contributed by atoms with Gasteiger partial charge in [-0.15, -0.1) is 11.3 Å². The van der Waals surface area contributed by atoms with Crippen LogP contribution in [0.2, 0.25) is 0 Å². The molecule has 0 atom stereocenters. The van der Waals surface area contributed by atoms with E-state index in [9.17, 15) is 9.59 Å². The summed E-state index contributed by atoms with van der Waals surface area (Å²) in [5.41, 5.74) is 3.60. The molecule has 2 amide bonds. The maximum Gasteiger partial charge on any atom is 0.240 e. The van der Waals surface area contributed by atoms with Crippen LogP contribution >= 0.6 is 11.3 Å². The molecule has 6 heteroatoms. The number of hydrogen-bond donors (Lipinski definition) is 1. The van der Waals surface area contributed by atoms with Crippen LogP contribution < -0.4 is 10.2 Å². The van der Waals surface area contributed by atoms with Crippen LogP contribution in [0.4, 0.5) is 11.4 Å². The molecule has 0 spiro atoms. The third-order valence-corrected chi connectivity index (χ3v) is 6.23. The average Bonchev–Trinajstić information content (AvgIpc) is 3.23. The molecule has 0 saturated heterocycles. The lowest BCUT2D eigenvalue weighted by atomic mass is 9.97. The van der Waals surface area contributed by atoms with Crippen molar-refractivity contribution in [2.24, 2.45) is 4.99 Å². The van der Waals surface area contributed by atoms with Gasteiger partial charge in [-0.2, -0.15) is 0 Å². The molecule has 1 aromatic heterocycles. The second-order valence-electron chi connectivity index (χ2n) is 7.39. The number of rotatable bonds is 6. The molecule has 2 aliphatic rings. The van der Waals surface area contributed by atoms with Crippen molar-refractivity contribution in [3.05, 3.63) is 58.3 Å². The number of fused-ring (bicyclic) bond motifs is 1. The molecule has 1 aliphatic carbocycles. The maximum absolute atomic E-state index is 13.0. The van der Waals surface area contributed by atoms with Gasteiger partial charge in [0.05, 0.1) is 23.5 Å². The quantitative estimate of drug-likeness (QED) is 0.711. The summed E-state index contributed by atoms with van der Waals surface area (Å²) in [7, 11) is 0. The Balaban J connectivity index is 1.44. The number of anilines is 1. The lowest BCUT2D eigenvalue weighted by molar-refractivity contribution is -0.123. The Morgan fingerprint density at radius 1 is 1.17 bits per heavy atom. The van der Waals surface area contributed by atoms with E-state index in [1.807, 2.05) is 41.8 Å². The Morgan fingerprint density at radius 2 is 2.07 bits per heavy atom. The summed E-state index contributed by atoms with van der Waals surface area (Å²) in [6, 6.07) is 11.5. The van der Waals surface area contributed by atoms with Crippen LogP contribution in [-0.4, -0.2) is 30.6 Å².